The average molecular weight is 247 g/mol. The maximum absolute atomic E-state index is 12.4. The number of hydrogen-bond acceptors (Lipinski definition) is 3. The Bertz CT molecular complexity index is 408. The highest BCUT2D eigenvalue weighted by molar-refractivity contribution is 5.94. The lowest BCUT2D eigenvalue weighted by Gasteiger charge is -2.34. The number of rotatable bonds is 3. The van der Waals surface area contributed by atoms with Crippen LogP contribution in [0.1, 0.15) is 37.7 Å². The van der Waals surface area contributed by atoms with Crippen LogP contribution in [0.5, 0.6) is 0 Å². The first-order chi connectivity index (χ1) is 8.66. The van der Waals surface area contributed by atoms with Crippen LogP contribution in [-0.2, 0) is 4.79 Å². The molecule has 18 heavy (non-hydrogen) atoms. The van der Waals surface area contributed by atoms with Gasteiger partial charge in [0.2, 0.25) is 5.91 Å². The number of nitrogens with one attached hydrogen (secondary N) is 1. The first-order valence-electron chi connectivity index (χ1n) is 6.60. The first-order valence-corrected chi connectivity index (χ1v) is 6.60. The second-order valence-electron chi connectivity index (χ2n) is 5.22. The number of carbonyl (C=O) groups is 1. The summed E-state index contributed by atoms with van der Waals surface area (Å²) < 4.78 is 0. The number of nitrogens with two attached hydrogens (primary N) is 1. The zero-order chi connectivity index (χ0) is 13.0. The van der Waals surface area contributed by atoms with E-state index in [1.165, 1.54) is 6.42 Å². The van der Waals surface area contributed by atoms with E-state index in [4.69, 9.17) is 5.73 Å². The monoisotopic (exact) mass is 247 g/mol. The number of anilines is 1. The van der Waals surface area contributed by atoms with Crippen LogP contribution in [0.15, 0.2) is 18.3 Å². The Morgan fingerprint density at radius 2 is 2.11 bits per heavy atom. The molecule has 0 spiro atoms. The van der Waals surface area contributed by atoms with Crippen molar-refractivity contribution < 1.29 is 4.79 Å². The van der Waals surface area contributed by atoms with Crippen LogP contribution in [0.2, 0.25) is 0 Å². The summed E-state index contributed by atoms with van der Waals surface area (Å²) in [4.78, 5) is 16.6. The number of carbonyl (C=O) groups excluding carboxylic acids is 1. The molecule has 0 unspecified atom stereocenters. The summed E-state index contributed by atoms with van der Waals surface area (Å²) in [6.45, 7) is 2.39. The Morgan fingerprint density at radius 1 is 1.39 bits per heavy atom. The van der Waals surface area contributed by atoms with E-state index in [2.05, 4.69) is 10.3 Å². The average Bonchev–Trinajstić information content (AvgIpc) is 2.42. The van der Waals surface area contributed by atoms with Gasteiger partial charge in [0.05, 0.1) is 5.41 Å². The predicted molar refractivity (Wildman–Crippen MR) is 72.2 cm³/mol. The third kappa shape index (κ3) is 2.70. The molecule has 0 bridgehead atoms. The molecule has 1 aromatic heterocycles. The van der Waals surface area contributed by atoms with Gasteiger partial charge in [-0.25, -0.2) is 4.98 Å². The molecule has 1 saturated carbocycles. The number of aryl methyl sites for hydroxylation is 1. The standard InChI is InChI=1S/C14H21N3O/c1-11-5-6-12(16-9-11)17-13(18)14(10-15)7-3-2-4-8-14/h5-6,9H,2-4,7-8,10,15H2,1H3,(H,16,17,18). The van der Waals surface area contributed by atoms with Gasteiger partial charge in [-0.15, -0.1) is 0 Å². The highest BCUT2D eigenvalue weighted by Crippen LogP contribution is 2.36. The molecule has 1 aliphatic rings. The summed E-state index contributed by atoms with van der Waals surface area (Å²) in [5, 5.41) is 2.90. The fraction of sp³-hybridized carbons (Fsp3) is 0.571. The van der Waals surface area contributed by atoms with Gasteiger partial charge in [-0.3, -0.25) is 4.79 Å². The fourth-order valence-electron chi connectivity index (χ4n) is 2.54. The molecule has 98 valence electrons. The van der Waals surface area contributed by atoms with Crippen LogP contribution < -0.4 is 11.1 Å². The van der Waals surface area contributed by atoms with Gasteiger partial charge in [0.25, 0.3) is 0 Å². The Morgan fingerprint density at radius 3 is 2.67 bits per heavy atom. The maximum atomic E-state index is 12.4. The van der Waals surface area contributed by atoms with Crippen molar-refractivity contribution in [1.29, 1.82) is 0 Å². The number of aromatic nitrogens is 1. The molecular weight excluding hydrogens is 226 g/mol. The van der Waals surface area contributed by atoms with E-state index in [9.17, 15) is 4.79 Å². The Balaban J connectivity index is 2.07. The quantitative estimate of drug-likeness (QED) is 0.860. The van der Waals surface area contributed by atoms with E-state index in [0.717, 1.165) is 31.2 Å². The van der Waals surface area contributed by atoms with Gasteiger partial charge in [-0.1, -0.05) is 25.3 Å². The molecule has 1 heterocycles. The van der Waals surface area contributed by atoms with Crippen LogP contribution in [-0.4, -0.2) is 17.4 Å². The minimum Gasteiger partial charge on any atom is -0.329 e. The van der Waals surface area contributed by atoms with Crippen molar-refractivity contribution in [1.82, 2.24) is 4.98 Å². The molecule has 0 aromatic carbocycles. The van der Waals surface area contributed by atoms with Gasteiger partial charge in [0.1, 0.15) is 5.82 Å². The van der Waals surface area contributed by atoms with E-state index in [0.29, 0.717) is 12.4 Å². The highest BCUT2D eigenvalue weighted by Gasteiger charge is 2.38. The van der Waals surface area contributed by atoms with E-state index in [1.54, 1.807) is 6.20 Å². The largest absolute Gasteiger partial charge is 0.329 e. The van der Waals surface area contributed by atoms with E-state index in [1.807, 2.05) is 19.1 Å². The molecule has 2 rings (SSSR count). The summed E-state index contributed by atoms with van der Waals surface area (Å²) in [5.74, 6) is 0.644. The molecule has 1 fully saturated rings. The van der Waals surface area contributed by atoms with Crippen LogP contribution in [0, 0.1) is 12.3 Å². The van der Waals surface area contributed by atoms with Crippen molar-refractivity contribution in [3.8, 4) is 0 Å². The highest BCUT2D eigenvalue weighted by atomic mass is 16.2. The normalized spacial score (nSPS) is 18.3. The van der Waals surface area contributed by atoms with Crippen LogP contribution in [0.3, 0.4) is 0 Å². The zero-order valence-electron chi connectivity index (χ0n) is 10.9. The van der Waals surface area contributed by atoms with Gasteiger partial charge in [-0.2, -0.15) is 0 Å². The van der Waals surface area contributed by atoms with Crippen molar-refractivity contribution in [2.45, 2.75) is 39.0 Å². The second kappa shape index (κ2) is 5.48. The lowest BCUT2D eigenvalue weighted by molar-refractivity contribution is -0.126. The molecule has 0 aliphatic heterocycles. The Kier molecular flexibility index (Phi) is 3.97. The van der Waals surface area contributed by atoms with E-state index >= 15 is 0 Å². The van der Waals surface area contributed by atoms with Gasteiger partial charge < -0.3 is 11.1 Å². The SMILES string of the molecule is Cc1ccc(NC(=O)C2(CN)CCCCC2)nc1. The fourth-order valence-corrected chi connectivity index (χ4v) is 2.54. The number of pyridine rings is 1. The van der Waals surface area contributed by atoms with Crippen molar-refractivity contribution in [3.05, 3.63) is 23.9 Å². The maximum Gasteiger partial charge on any atom is 0.233 e. The third-order valence-electron chi connectivity index (χ3n) is 3.84. The summed E-state index contributed by atoms with van der Waals surface area (Å²) >= 11 is 0. The topological polar surface area (TPSA) is 68.0 Å². The summed E-state index contributed by atoms with van der Waals surface area (Å²) in [6, 6.07) is 3.78. The molecule has 0 saturated heterocycles. The van der Waals surface area contributed by atoms with Gasteiger partial charge in [0, 0.05) is 12.7 Å². The molecule has 3 N–H and O–H groups in total. The molecular formula is C14H21N3O. The van der Waals surface area contributed by atoms with Crippen molar-refractivity contribution in [2.75, 3.05) is 11.9 Å². The Hall–Kier alpha value is -1.42. The predicted octanol–water partition coefficient (Wildman–Crippen LogP) is 2.24. The lowest BCUT2D eigenvalue weighted by atomic mass is 9.73. The lowest BCUT2D eigenvalue weighted by Crippen LogP contribution is -2.44. The zero-order valence-corrected chi connectivity index (χ0v) is 10.9. The molecule has 1 amide bonds. The van der Waals surface area contributed by atoms with Gasteiger partial charge in [-0.05, 0) is 31.4 Å². The number of amides is 1. The van der Waals surface area contributed by atoms with Crippen LogP contribution >= 0.6 is 0 Å². The number of hydrogen-bond donors (Lipinski definition) is 2. The molecule has 1 aromatic rings. The van der Waals surface area contributed by atoms with Crippen LogP contribution in [0.25, 0.3) is 0 Å². The smallest absolute Gasteiger partial charge is 0.233 e. The minimum atomic E-state index is -0.384. The van der Waals surface area contributed by atoms with Crippen molar-refractivity contribution in [2.24, 2.45) is 11.1 Å². The molecule has 4 nitrogen and oxygen atoms in total. The van der Waals surface area contributed by atoms with Crippen molar-refractivity contribution in [3.63, 3.8) is 0 Å². The van der Waals surface area contributed by atoms with E-state index < -0.39 is 0 Å². The minimum absolute atomic E-state index is 0.0288. The molecule has 1 aliphatic carbocycles. The summed E-state index contributed by atoms with van der Waals surface area (Å²) in [7, 11) is 0. The number of nitrogens with zero attached hydrogens (tertiary/aromatic N) is 1. The summed E-state index contributed by atoms with van der Waals surface area (Å²) in [6.07, 6.45) is 6.92. The van der Waals surface area contributed by atoms with Crippen LogP contribution in [0.4, 0.5) is 5.82 Å². The van der Waals surface area contributed by atoms with Crippen molar-refractivity contribution >= 4 is 11.7 Å². The first kappa shape index (κ1) is 13.0. The molecule has 0 radical (unpaired) electrons. The molecule has 4 heteroatoms. The molecule has 0 atom stereocenters. The van der Waals surface area contributed by atoms with Gasteiger partial charge in [0.15, 0.2) is 0 Å². The van der Waals surface area contributed by atoms with Gasteiger partial charge >= 0.3 is 0 Å². The second-order valence-corrected chi connectivity index (χ2v) is 5.22. The van der Waals surface area contributed by atoms with E-state index in [-0.39, 0.29) is 11.3 Å². The Labute approximate surface area is 108 Å². The summed E-state index contributed by atoms with van der Waals surface area (Å²) in [5.41, 5.74) is 6.53. The third-order valence-corrected chi connectivity index (χ3v) is 3.84.